The number of hydrogen-bond acceptors (Lipinski definition) is 7. The Bertz CT molecular complexity index is 1310. The monoisotopic (exact) mass is 481 g/mol. The van der Waals surface area contributed by atoms with E-state index in [1.54, 1.807) is 31.3 Å². The summed E-state index contributed by atoms with van der Waals surface area (Å²) >= 11 is 0. The molecule has 2 aliphatic rings. The van der Waals surface area contributed by atoms with Crippen LogP contribution in [0.2, 0.25) is 0 Å². The van der Waals surface area contributed by atoms with Crippen LogP contribution in [0.1, 0.15) is 48.6 Å². The van der Waals surface area contributed by atoms with Crippen LogP contribution in [0, 0.1) is 19.8 Å². The molecule has 1 aromatic carbocycles. The first-order chi connectivity index (χ1) is 16.3. The molecule has 1 N–H and O–H groups in total. The summed E-state index contributed by atoms with van der Waals surface area (Å²) in [6.45, 7) is 4.26. The number of anilines is 1. The molecule has 0 bridgehead atoms. The zero-order valence-electron chi connectivity index (χ0n) is 19.2. The van der Waals surface area contributed by atoms with E-state index in [0.29, 0.717) is 47.4 Å². The molecule has 0 spiro atoms. The minimum absolute atomic E-state index is 0.129. The van der Waals surface area contributed by atoms with Crippen LogP contribution in [-0.2, 0) is 14.8 Å². The van der Waals surface area contributed by atoms with E-state index in [4.69, 9.17) is 4.52 Å². The van der Waals surface area contributed by atoms with Gasteiger partial charge in [0, 0.05) is 36.7 Å². The summed E-state index contributed by atoms with van der Waals surface area (Å²) in [6, 6.07) is 8.85. The molecule has 5 rings (SSSR count). The fourth-order valence-electron chi connectivity index (χ4n) is 4.13. The molecule has 34 heavy (non-hydrogen) atoms. The summed E-state index contributed by atoms with van der Waals surface area (Å²) in [5, 5.41) is 6.87. The first-order valence-corrected chi connectivity index (χ1v) is 12.9. The van der Waals surface area contributed by atoms with Crippen molar-refractivity contribution in [3.05, 3.63) is 53.5 Å². The molecule has 1 aliphatic carbocycles. The number of carbonyl (C=O) groups excluding carboxylic acids is 1. The Kier molecular flexibility index (Phi) is 5.95. The molecule has 2 aromatic heterocycles. The molecule has 10 heteroatoms. The number of hydrogen-bond donors (Lipinski definition) is 1. The number of rotatable bonds is 6. The topological polar surface area (TPSA) is 118 Å². The van der Waals surface area contributed by atoms with Crippen LogP contribution < -0.4 is 5.32 Å². The summed E-state index contributed by atoms with van der Waals surface area (Å²) in [7, 11) is -3.73. The largest absolute Gasteiger partial charge is 0.339 e. The first-order valence-electron chi connectivity index (χ1n) is 11.5. The first kappa shape index (κ1) is 22.7. The lowest BCUT2D eigenvalue weighted by Gasteiger charge is -2.31. The van der Waals surface area contributed by atoms with Crippen molar-refractivity contribution in [2.24, 2.45) is 5.92 Å². The molecule has 1 saturated carbocycles. The standard InChI is InChI=1S/C24H27N5O4S/c1-15-3-8-21(25-14-15)26-23(30)17-9-11-29(12-10-17)34(31,32)20-13-19(5-4-16(20)2)22-27-24(33-28-22)18-6-7-18/h3-5,8,13-14,17-18H,6-7,9-12H2,1-2H3,(H,25,26,30). The highest BCUT2D eigenvalue weighted by Crippen LogP contribution is 2.39. The SMILES string of the molecule is Cc1ccc(NC(=O)C2CCN(S(=O)(=O)c3cc(-c4noc(C5CC5)n4)ccc3C)CC2)nc1. The Labute approximate surface area is 198 Å². The second-order valence-corrected chi connectivity index (χ2v) is 11.0. The van der Waals surface area contributed by atoms with Gasteiger partial charge in [0.15, 0.2) is 0 Å². The van der Waals surface area contributed by atoms with Gasteiger partial charge in [0.1, 0.15) is 5.82 Å². The van der Waals surface area contributed by atoms with Crippen LogP contribution in [0.25, 0.3) is 11.4 Å². The predicted molar refractivity (Wildman–Crippen MR) is 126 cm³/mol. The molecule has 0 radical (unpaired) electrons. The van der Waals surface area contributed by atoms with E-state index in [9.17, 15) is 13.2 Å². The number of piperidine rings is 1. The lowest BCUT2D eigenvalue weighted by atomic mass is 9.97. The average molecular weight is 482 g/mol. The molecule has 0 unspecified atom stereocenters. The van der Waals surface area contributed by atoms with Crippen LogP contribution in [-0.4, -0.2) is 46.8 Å². The summed E-state index contributed by atoms with van der Waals surface area (Å²) < 4.78 is 33.7. The van der Waals surface area contributed by atoms with Crippen LogP contribution in [0.3, 0.4) is 0 Å². The van der Waals surface area contributed by atoms with E-state index < -0.39 is 10.0 Å². The number of amides is 1. The zero-order chi connectivity index (χ0) is 23.9. The Morgan fingerprint density at radius 1 is 1.09 bits per heavy atom. The molecular weight excluding hydrogens is 454 g/mol. The van der Waals surface area contributed by atoms with Gasteiger partial charge in [-0.2, -0.15) is 9.29 Å². The number of pyridine rings is 1. The van der Waals surface area contributed by atoms with Crippen molar-refractivity contribution in [1.82, 2.24) is 19.4 Å². The fraction of sp³-hybridized carbons (Fsp3) is 0.417. The van der Waals surface area contributed by atoms with Gasteiger partial charge in [-0.15, -0.1) is 0 Å². The van der Waals surface area contributed by atoms with E-state index in [1.165, 1.54) is 4.31 Å². The Hall–Kier alpha value is -3.11. The van der Waals surface area contributed by atoms with Gasteiger partial charge in [0.05, 0.1) is 4.90 Å². The van der Waals surface area contributed by atoms with E-state index in [2.05, 4.69) is 20.4 Å². The van der Waals surface area contributed by atoms with Gasteiger partial charge in [-0.3, -0.25) is 4.79 Å². The van der Waals surface area contributed by atoms with Gasteiger partial charge in [-0.05, 0) is 62.8 Å². The predicted octanol–water partition coefficient (Wildman–Crippen LogP) is 3.67. The molecule has 1 aliphatic heterocycles. The Morgan fingerprint density at radius 3 is 2.53 bits per heavy atom. The van der Waals surface area contributed by atoms with Gasteiger partial charge >= 0.3 is 0 Å². The number of carbonyl (C=O) groups is 1. The van der Waals surface area contributed by atoms with Gasteiger partial charge in [0.25, 0.3) is 0 Å². The number of nitrogens with one attached hydrogen (secondary N) is 1. The lowest BCUT2D eigenvalue weighted by Crippen LogP contribution is -2.41. The van der Waals surface area contributed by atoms with Gasteiger partial charge in [-0.25, -0.2) is 13.4 Å². The van der Waals surface area contributed by atoms with E-state index >= 15 is 0 Å². The number of aryl methyl sites for hydroxylation is 2. The van der Waals surface area contributed by atoms with Crippen molar-refractivity contribution in [3.8, 4) is 11.4 Å². The molecule has 3 aromatic rings. The molecule has 9 nitrogen and oxygen atoms in total. The maximum Gasteiger partial charge on any atom is 0.243 e. The number of sulfonamides is 1. The number of benzene rings is 1. The number of nitrogens with zero attached hydrogens (tertiary/aromatic N) is 4. The summed E-state index contributed by atoms with van der Waals surface area (Å²) in [5.41, 5.74) is 2.28. The Balaban J connectivity index is 1.27. The molecule has 178 valence electrons. The average Bonchev–Trinajstić information content (AvgIpc) is 3.57. The van der Waals surface area contributed by atoms with Crippen LogP contribution in [0.15, 0.2) is 45.9 Å². The highest BCUT2D eigenvalue weighted by molar-refractivity contribution is 7.89. The van der Waals surface area contributed by atoms with Crippen molar-refractivity contribution in [3.63, 3.8) is 0 Å². The van der Waals surface area contributed by atoms with Crippen molar-refractivity contribution < 1.29 is 17.7 Å². The second-order valence-electron chi connectivity index (χ2n) is 9.10. The minimum atomic E-state index is -3.73. The third kappa shape index (κ3) is 4.60. The summed E-state index contributed by atoms with van der Waals surface area (Å²) in [4.78, 5) is 21.5. The normalized spacial score (nSPS) is 17.6. The van der Waals surface area contributed by atoms with Crippen molar-refractivity contribution in [1.29, 1.82) is 0 Å². The van der Waals surface area contributed by atoms with Gasteiger partial charge in [-0.1, -0.05) is 23.4 Å². The molecule has 1 saturated heterocycles. The highest BCUT2D eigenvalue weighted by atomic mass is 32.2. The van der Waals surface area contributed by atoms with Gasteiger partial charge < -0.3 is 9.84 Å². The van der Waals surface area contributed by atoms with E-state index in [0.717, 1.165) is 18.4 Å². The third-order valence-corrected chi connectivity index (χ3v) is 8.46. The smallest absolute Gasteiger partial charge is 0.243 e. The minimum Gasteiger partial charge on any atom is -0.339 e. The maximum absolute atomic E-state index is 13.5. The van der Waals surface area contributed by atoms with Crippen molar-refractivity contribution in [2.45, 2.75) is 50.3 Å². The molecule has 2 fully saturated rings. The van der Waals surface area contributed by atoms with Crippen molar-refractivity contribution in [2.75, 3.05) is 18.4 Å². The summed E-state index contributed by atoms with van der Waals surface area (Å²) in [5.74, 6) is 1.46. The van der Waals surface area contributed by atoms with E-state index in [1.807, 2.05) is 19.1 Å². The van der Waals surface area contributed by atoms with Crippen LogP contribution >= 0.6 is 0 Å². The highest BCUT2D eigenvalue weighted by Gasteiger charge is 2.34. The van der Waals surface area contributed by atoms with E-state index in [-0.39, 0.29) is 29.8 Å². The Morgan fingerprint density at radius 2 is 1.85 bits per heavy atom. The third-order valence-electron chi connectivity index (χ3n) is 6.42. The number of aromatic nitrogens is 3. The molecule has 3 heterocycles. The molecule has 1 amide bonds. The second kappa shape index (κ2) is 8.92. The maximum atomic E-state index is 13.5. The summed E-state index contributed by atoms with van der Waals surface area (Å²) in [6.07, 6.45) is 4.69. The van der Waals surface area contributed by atoms with Gasteiger partial charge in [0.2, 0.25) is 27.6 Å². The quantitative estimate of drug-likeness (QED) is 0.571. The fourth-order valence-corrected chi connectivity index (χ4v) is 5.85. The van der Waals surface area contributed by atoms with Crippen LogP contribution in [0.4, 0.5) is 5.82 Å². The molecular formula is C24H27N5O4S. The lowest BCUT2D eigenvalue weighted by molar-refractivity contribution is -0.120. The van der Waals surface area contributed by atoms with Crippen molar-refractivity contribution >= 4 is 21.7 Å². The zero-order valence-corrected chi connectivity index (χ0v) is 20.0. The molecule has 0 atom stereocenters. The van der Waals surface area contributed by atoms with Crippen LogP contribution in [0.5, 0.6) is 0 Å².